The molecule has 1 aliphatic heterocycles. The molecule has 134 valence electrons. The number of carbonyl (C=O) groups excluding carboxylic acids is 1. The van der Waals surface area contributed by atoms with Crippen LogP contribution in [0.25, 0.3) is 0 Å². The van der Waals surface area contributed by atoms with E-state index in [1.54, 1.807) is 4.90 Å². The van der Waals surface area contributed by atoms with Gasteiger partial charge in [-0.05, 0) is 36.8 Å². The molecule has 2 aromatic carbocycles. The summed E-state index contributed by atoms with van der Waals surface area (Å²) in [6.45, 7) is 1.37. The lowest BCUT2D eigenvalue weighted by Crippen LogP contribution is -2.47. The Balaban J connectivity index is 0.00000243. The number of rotatable bonds is 5. The van der Waals surface area contributed by atoms with Gasteiger partial charge in [-0.1, -0.05) is 60.7 Å². The molecule has 1 N–H and O–H groups in total. The van der Waals surface area contributed by atoms with Gasteiger partial charge < -0.3 is 14.7 Å². The molecular formula is C21H25MgNO3. The van der Waals surface area contributed by atoms with Crippen molar-refractivity contribution in [2.45, 2.75) is 37.9 Å². The number of likely N-dealkylation sites (tertiary alicyclic amines) is 1. The maximum atomic E-state index is 12.2. The van der Waals surface area contributed by atoms with Crippen LogP contribution < -0.4 is 0 Å². The van der Waals surface area contributed by atoms with Crippen LogP contribution in [0.15, 0.2) is 60.7 Å². The fourth-order valence-corrected chi connectivity index (χ4v) is 3.19. The van der Waals surface area contributed by atoms with Crippen LogP contribution >= 0.6 is 0 Å². The third kappa shape index (κ3) is 6.00. The number of aryl methyl sites for hydroxylation is 1. The summed E-state index contributed by atoms with van der Waals surface area (Å²) in [4.78, 5) is 13.9. The van der Waals surface area contributed by atoms with Crippen LogP contribution in [-0.4, -0.2) is 57.8 Å². The van der Waals surface area contributed by atoms with Crippen molar-refractivity contribution < 1.29 is 14.6 Å². The summed E-state index contributed by atoms with van der Waals surface area (Å²) < 4.78 is 5.37. The number of piperidine rings is 1. The highest BCUT2D eigenvalue weighted by atomic mass is 24.3. The van der Waals surface area contributed by atoms with Gasteiger partial charge in [-0.25, -0.2) is 4.79 Å². The van der Waals surface area contributed by atoms with E-state index in [0.29, 0.717) is 25.9 Å². The molecule has 4 nitrogen and oxygen atoms in total. The highest BCUT2D eigenvalue weighted by Crippen LogP contribution is 2.27. The molecule has 0 saturated carbocycles. The van der Waals surface area contributed by atoms with Gasteiger partial charge in [0.1, 0.15) is 6.61 Å². The summed E-state index contributed by atoms with van der Waals surface area (Å²) >= 11 is 0. The van der Waals surface area contributed by atoms with Gasteiger partial charge in [0, 0.05) is 36.1 Å². The van der Waals surface area contributed by atoms with E-state index in [9.17, 15) is 9.90 Å². The zero-order chi connectivity index (χ0) is 17.5. The minimum absolute atomic E-state index is 0. The summed E-state index contributed by atoms with van der Waals surface area (Å²) in [5.74, 6) is 0. The Morgan fingerprint density at radius 3 is 2.08 bits per heavy atom. The predicted molar refractivity (Wildman–Crippen MR) is 103 cm³/mol. The molecule has 0 unspecified atom stereocenters. The summed E-state index contributed by atoms with van der Waals surface area (Å²) in [5, 5.41) is 10.8. The monoisotopic (exact) mass is 363 g/mol. The van der Waals surface area contributed by atoms with E-state index in [1.165, 1.54) is 5.56 Å². The van der Waals surface area contributed by atoms with Crippen molar-refractivity contribution in [3.63, 3.8) is 0 Å². The Morgan fingerprint density at radius 1 is 0.962 bits per heavy atom. The van der Waals surface area contributed by atoms with Crippen molar-refractivity contribution in [3.8, 4) is 0 Å². The molecule has 1 heterocycles. The largest absolute Gasteiger partial charge is 0.445 e. The van der Waals surface area contributed by atoms with Gasteiger partial charge in [-0.2, -0.15) is 0 Å². The second kappa shape index (κ2) is 9.95. The maximum Gasteiger partial charge on any atom is 0.410 e. The smallest absolute Gasteiger partial charge is 0.410 e. The minimum Gasteiger partial charge on any atom is -0.445 e. The second-order valence-corrected chi connectivity index (χ2v) is 6.74. The zero-order valence-electron chi connectivity index (χ0n) is 15.1. The van der Waals surface area contributed by atoms with Crippen LogP contribution in [0, 0.1) is 0 Å². The molecule has 0 bridgehead atoms. The van der Waals surface area contributed by atoms with Gasteiger partial charge in [0.25, 0.3) is 0 Å². The second-order valence-electron chi connectivity index (χ2n) is 6.74. The quantitative estimate of drug-likeness (QED) is 0.828. The first kappa shape index (κ1) is 20.7. The molecule has 0 atom stereocenters. The molecule has 0 aliphatic carbocycles. The number of ether oxygens (including phenoxy) is 1. The van der Waals surface area contributed by atoms with Crippen LogP contribution in [0.2, 0.25) is 0 Å². The third-order valence-electron chi connectivity index (χ3n) is 4.88. The van der Waals surface area contributed by atoms with Crippen molar-refractivity contribution in [1.29, 1.82) is 0 Å². The van der Waals surface area contributed by atoms with Gasteiger partial charge >= 0.3 is 6.09 Å². The number of carbonyl (C=O) groups is 1. The molecular weight excluding hydrogens is 339 g/mol. The number of hydrogen-bond donors (Lipinski definition) is 1. The standard InChI is InChI=1S/C21H25NO3.Mg/c23-20(25-17-19-9-5-2-6-10-19)22-15-13-21(24,14-16-22)12-11-18-7-3-1-4-8-18;/h1-10,24H,11-17H2;. The fourth-order valence-electron chi connectivity index (χ4n) is 3.19. The lowest BCUT2D eigenvalue weighted by Gasteiger charge is -2.37. The van der Waals surface area contributed by atoms with E-state index in [-0.39, 0.29) is 35.8 Å². The molecule has 2 aromatic rings. The summed E-state index contributed by atoms with van der Waals surface area (Å²) in [6, 6.07) is 19.9. The summed E-state index contributed by atoms with van der Waals surface area (Å²) in [5.41, 5.74) is 1.53. The predicted octanol–water partition coefficient (Wildman–Crippen LogP) is 3.40. The molecule has 5 heteroatoms. The minimum atomic E-state index is -0.688. The first-order chi connectivity index (χ1) is 12.1. The molecule has 0 aromatic heterocycles. The van der Waals surface area contributed by atoms with E-state index >= 15 is 0 Å². The van der Waals surface area contributed by atoms with Crippen molar-refractivity contribution in [1.82, 2.24) is 4.90 Å². The van der Waals surface area contributed by atoms with Crippen LogP contribution in [0.4, 0.5) is 4.79 Å². The Labute approximate surface area is 171 Å². The number of amides is 1. The summed E-state index contributed by atoms with van der Waals surface area (Å²) in [7, 11) is 0. The number of hydrogen-bond acceptors (Lipinski definition) is 3. The van der Waals surface area contributed by atoms with Gasteiger partial charge in [0.05, 0.1) is 5.60 Å². The van der Waals surface area contributed by atoms with Gasteiger partial charge in [0.2, 0.25) is 0 Å². The normalized spacial score (nSPS) is 15.8. The van der Waals surface area contributed by atoms with Crippen molar-refractivity contribution >= 4 is 29.1 Å². The molecule has 0 spiro atoms. The van der Waals surface area contributed by atoms with E-state index in [2.05, 4.69) is 12.1 Å². The first-order valence-electron chi connectivity index (χ1n) is 8.87. The van der Waals surface area contributed by atoms with E-state index < -0.39 is 5.60 Å². The van der Waals surface area contributed by atoms with Gasteiger partial charge in [-0.15, -0.1) is 0 Å². The molecule has 1 saturated heterocycles. The van der Waals surface area contributed by atoms with Gasteiger partial charge in [-0.3, -0.25) is 0 Å². The lowest BCUT2D eigenvalue weighted by molar-refractivity contribution is -0.0268. The van der Waals surface area contributed by atoms with E-state index in [4.69, 9.17) is 4.74 Å². The Hall–Kier alpha value is -1.56. The molecule has 1 fully saturated rings. The Bertz CT molecular complexity index is 670. The van der Waals surface area contributed by atoms with Crippen LogP contribution in [0.5, 0.6) is 0 Å². The maximum absolute atomic E-state index is 12.2. The third-order valence-corrected chi connectivity index (χ3v) is 4.88. The van der Waals surface area contributed by atoms with Crippen LogP contribution in [0.3, 0.4) is 0 Å². The van der Waals surface area contributed by atoms with Crippen LogP contribution in [-0.2, 0) is 17.8 Å². The number of nitrogens with zero attached hydrogens (tertiary/aromatic N) is 1. The van der Waals surface area contributed by atoms with Gasteiger partial charge in [0.15, 0.2) is 0 Å². The Morgan fingerprint density at radius 2 is 1.50 bits per heavy atom. The highest BCUT2D eigenvalue weighted by Gasteiger charge is 2.34. The zero-order valence-corrected chi connectivity index (χ0v) is 16.6. The SMILES string of the molecule is O=C(OCc1ccccc1)N1CCC(O)(CCc2ccccc2)CC1.[Mg]. The number of aliphatic hydroxyl groups is 1. The van der Waals surface area contributed by atoms with Crippen LogP contribution in [0.1, 0.15) is 30.4 Å². The molecule has 1 amide bonds. The molecule has 3 rings (SSSR count). The topological polar surface area (TPSA) is 49.8 Å². The fraction of sp³-hybridized carbons (Fsp3) is 0.381. The molecule has 1 aliphatic rings. The van der Waals surface area contributed by atoms with E-state index in [0.717, 1.165) is 18.4 Å². The number of benzene rings is 2. The highest BCUT2D eigenvalue weighted by molar-refractivity contribution is 5.75. The lowest BCUT2D eigenvalue weighted by atomic mass is 9.86. The van der Waals surface area contributed by atoms with Crippen molar-refractivity contribution in [2.75, 3.05) is 13.1 Å². The molecule has 2 radical (unpaired) electrons. The van der Waals surface area contributed by atoms with Crippen molar-refractivity contribution in [2.24, 2.45) is 0 Å². The van der Waals surface area contributed by atoms with E-state index in [1.807, 2.05) is 48.5 Å². The first-order valence-corrected chi connectivity index (χ1v) is 8.87. The molecule has 26 heavy (non-hydrogen) atoms. The van der Waals surface area contributed by atoms with Crippen molar-refractivity contribution in [3.05, 3.63) is 71.8 Å². The average molecular weight is 364 g/mol. The summed E-state index contributed by atoms with van der Waals surface area (Å²) in [6.07, 6.45) is 2.48. The average Bonchev–Trinajstić information content (AvgIpc) is 2.67. The Kier molecular flexibility index (Phi) is 7.94.